The van der Waals surface area contributed by atoms with Gasteiger partial charge in [-0.2, -0.15) is 0 Å². The Kier molecular flexibility index (Phi) is 5.11. The molecule has 2 fully saturated rings. The van der Waals surface area contributed by atoms with Crippen molar-refractivity contribution in [2.24, 2.45) is 5.73 Å². The molecule has 1 atom stereocenters. The lowest BCUT2D eigenvalue weighted by Gasteiger charge is -2.32. The summed E-state index contributed by atoms with van der Waals surface area (Å²) in [5.74, 6) is 0. The predicted octanol–water partition coefficient (Wildman–Crippen LogP) is 2.91. The predicted molar refractivity (Wildman–Crippen MR) is 69.5 cm³/mol. The number of hydrogen-bond acceptors (Lipinski definition) is 2. The molecule has 1 saturated heterocycles. The van der Waals surface area contributed by atoms with E-state index in [1.807, 2.05) is 0 Å². The molecule has 1 aliphatic carbocycles. The van der Waals surface area contributed by atoms with Gasteiger partial charge in [0.05, 0.1) is 0 Å². The fraction of sp³-hybridized carbons (Fsp3) is 1.00. The third-order valence-corrected chi connectivity index (χ3v) is 4.46. The Bertz CT molecular complexity index is 185. The first-order valence-electron chi connectivity index (χ1n) is 7.37. The van der Waals surface area contributed by atoms with Crippen molar-refractivity contribution in [1.82, 2.24) is 4.90 Å². The molecule has 0 aromatic rings. The van der Waals surface area contributed by atoms with Gasteiger partial charge in [-0.05, 0) is 51.6 Å². The average molecular weight is 224 g/mol. The highest BCUT2D eigenvalue weighted by atomic mass is 15.2. The Labute approximate surface area is 101 Å². The number of nitrogens with two attached hydrogens (primary N) is 1. The largest absolute Gasteiger partial charge is 0.330 e. The highest BCUT2D eigenvalue weighted by molar-refractivity contribution is 4.85. The number of hydrogen-bond donors (Lipinski definition) is 1. The van der Waals surface area contributed by atoms with Crippen molar-refractivity contribution in [3.05, 3.63) is 0 Å². The van der Waals surface area contributed by atoms with Crippen LogP contribution in [0.1, 0.15) is 64.2 Å². The van der Waals surface area contributed by atoms with E-state index >= 15 is 0 Å². The maximum atomic E-state index is 5.64. The molecular weight excluding hydrogens is 196 g/mol. The van der Waals surface area contributed by atoms with Crippen LogP contribution in [0.2, 0.25) is 0 Å². The fourth-order valence-corrected chi connectivity index (χ4v) is 3.59. The van der Waals surface area contributed by atoms with E-state index in [2.05, 4.69) is 4.90 Å². The Morgan fingerprint density at radius 3 is 2.38 bits per heavy atom. The molecule has 0 aromatic heterocycles. The normalized spacial score (nSPS) is 29.4. The Balaban J connectivity index is 1.85. The molecule has 94 valence electrons. The summed E-state index contributed by atoms with van der Waals surface area (Å²) in [4.78, 5) is 2.83. The van der Waals surface area contributed by atoms with Crippen LogP contribution in [0, 0.1) is 0 Å². The van der Waals surface area contributed by atoms with Crippen molar-refractivity contribution in [3.8, 4) is 0 Å². The molecule has 0 spiro atoms. The molecule has 2 aliphatic rings. The molecule has 1 unspecified atom stereocenters. The average Bonchev–Trinajstić information content (AvgIpc) is 2.60. The van der Waals surface area contributed by atoms with Gasteiger partial charge in [-0.25, -0.2) is 0 Å². The van der Waals surface area contributed by atoms with Crippen LogP contribution >= 0.6 is 0 Å². The Morgan fingerprint density at radius 2 is 1.69 bits per heavy atom. The van der Waals surface area contributed by atoms with Gasteiger partial charge < -0.3 is 5.73 Å². The lowest BCUT2D eigenvalue weighted by atomic mass is 10.0. The minimum Gasteiger partial charge on any atom is -0.330 e. The summed E-state index contributed by atoms with van der Waals surface area (Å²) < 4.78 is 0. The molecule has 0 aromatic carbocycles. The number of nitrogens with zero attached hydrogens (tertiary/aromatic N) is 1. The van der Waals surface area contributed by atoms with Crippen LogP contribution in [-0.2, 0) is 0 Å². The minimum absolute atomic E-state index is 0.867. The first kappa shape index (κ1) is 12.4. The summed E-state index contributed by atoms with van der Waals surface area (Å²) in [6, 6.07) is 1.78. The molecule has 2 rings (SSSR count). The Hall–Kier alpha value is -0.0800. The van der Waals surface area contributed by atoms with Crippen molar-refractivity contribution in [2.45, 2.75) is 76.3 Å². The van der Waals surface area contributed by atoms with Gasteiger partial charge in [0.1, 0.15) is 0 Å². The molecule has 2 N–H and O–H groups in total. The lowest BCUT2D eigenvalue weighted by Crippen LogP contribution is -2.39. The van der Waals surface area contributed by atoms with Gasteiger partial charge in [0.2, 0.25) is 0 Å². The van der Waals surface area contributed by atoms with Gasteiger partial charge in [0.25, 0.3) is 0 Å². The quantitative estimate of drug-likeness (QED) is 0.744. The summed E-state index contributed by atoms with van der Waals surface area (Å²) in [6.07, 6.45) is 14.2. The van der Waals surface area contributed by atoms with Crippen molar-refractivity contribution in [2.75, 3.05) is 13.1 Å². The van der Waals surface area contributed by atoms with Crippen LogP contribution in [0.25, 0.3) is 0 Å². The molecule has 0 amide bonds. The second kappa shape index (κ2) is 6.61. The van der Waals surface area contributed by atoms with Crippen LogP contribution in [-0.4, -0.2) is 30.1 Å². The summed E-state index contributed by atoms with van der Waals surface area (Å²) in [6.45, 7) is 2.23. The van der Waals surface area contributed by atoms with Crippen LogP contribution < -0.4 is 5.73 Å². The summed E-state index contributed by atoms with van der Waals surface area (Å²) in [7, 11) is 0. The van der Waals surface area contributed by atoms with E-state index in [1.54, 1.807) is 0 Å². The molecule has 2 heteroatoms. The zero-order chi connectivity index (χ0) is 11.2. The van der Waals surface area contributed by atoms with Gasteiger partial charge in [-0.1, -0.05) is 25.7 Å². The molecule has 0 radical (unpaired) electrons. The van der Waals surface area contributed by atoms with Gasteiger partial charge in [0, 0.05) is 12.1 Å². The summed E-state index contributed by atoms with van der Waals surface area (Å²) >= 11 is 0. The van der Waals surface area contributed by atoms with E-state index in [4.69, 9.17) is 5.73 Å². The van der Waals surface area contributed by atoms with Crippen molar-refractivity contribution in [3.63, 3.8) is 0 Å². The van der Waals surface area contributed by atoms with Crippen LogP contribution in [0.4, 0.5) is 0 Å². The molecule has 1 heterocycles. The SMILES string of the molecule is NCCCC1CCCN1C1CCCCCC1. The second-order valence-electron chi connectivity index (χ2n) is 5.61. The van der Waals surface area contributed by atoms with E-state index in [9.17, 15) is 0 Å². The van der Waals surface area contributed by atoms with Gasteiger partial charge in [-0.15, -0.1) is 0 Å². The lowest BCUT2D eigenvalue weighted by molar-refractivity contribution is 0.155. The summed E-state index contributed by atoms with van der Waals surface area (Å²) in [5, 5.41) is 0. The minimum atomic E-state index is 0.867. The first-order valence-corrected chi connectivity index (χ1v) is 7.37. The van der Waals surface area contributed by atoms with Crippen molar-refractivity contribution >= 4 is 0 Å². The molecule has 16 heavy (non-hydrogen) atoms. The maximum Gasteiger partial charge on any atom is 0.00991 e. The van der Waals surface area contributed by atoms with Gasteiger partial charge in [0.15, 0.2) is 0 Å². The van der Waals surface area contributed by atoms with Crippen molar-refractivity contribution < 1.29 is 0 Å². The van der Waals surface area contributed by atoms with E-state index in [-0.39, 0.29) is 0 Å². The fourth-order valence-electron chi connectivity index (χ4n) is 3.59. The Morgan fingerprint density at radius 1 is 0.938 bits per heavy atom. The van der Waals surface area contributed by atoms with E-state index in [0.29, 0.717) is 0 Å². The molecular formula is C14H28N2. The third kappa shape index (κ3) is 3.21. The number of likely N-dealkylation sites (tertiary alicyclic amines) is 1. The summed E-state index contributed by atoms with van der Waals surface area (Å²) in [5.41, 5.74) is 5.64. The van der Waals surface area contributed by atoms with Crippen LogP contribution in [0.3, 0.4) is 0 Å². The van der Waals surface area contributed by atoms with E-state index in [0.717, 1.165) is 18.6 Å². The van der Waals surface area contributed by atoms with Crippen LogP contribution in [0.5, 0.6) is 0 Å². The second-order valence-corrected chi connectivity index (χ2v) is 5.61. The molecule has 2 nitrogen and oxygen atoms in total. The standard InChI is InChI=1S/C14H28N2/c15-11-5-9-14-10-6-12-16(14)13-7-3-1-2-4-8-13/h13-14H,1-12,15H2. The number of rotatable bonds is 4. The topological polar surface area (TPSA) is 29.3 Å². The van der Waals surface area contributed by atoms with Crippen molar-refractivity contribution in [1.29, 1.82) is 0 Å². The third-order valence-electron chi connectivity index (χ3n) is 4.46. The molecule has 0 bridgehead atoms. The van der Waals surface area contributed by atoms with Gasteiger partial charge in [-0.3, -0.25) is 4.90 Å². The molecule has 1 saturated carbocycles. The zero-order valence-electron chi connectivity index (χ0n) is 10.7. The molecule has 1 aliphatic heterocycles. The highest BCUT2D eigenvalue weighted by Crippen LogP contribution is 2.30. The zero-order valence-corrected chi connectivity index (χ0v) is 10.7. The van der Waals surface area contributed by atoms with Crippen LogP contribution in [0.15, 0.2) is 0 Å². The van der Waals surface area contributed by atoms with E-state index in [1.165, 1.54) is 70.8 Å². The van der Waals surface area contributed by atoms with Gasteiger partial charge >= 0.3 is 0 Å². The monoisotopic (exact) mass is 224 g/mol. The first-order chi connectivity index (χ1) is 7.92. The van der Waals surface area contributed by atoms with E-state index < -0.39 is 0 Å². The highest BCUT2D eigenvalue weighted by Gasteiger charge is 2.30. The maximum absolute atomic E-state index is 5.64. The smallest absolute Gasteiger partial charge is 0.00991 e.